The van der Waals surface area contributed by atoms with Crippen molar-refractivity contribution in [3.8, 4) is 5.75 Å². The third kappa shape index (κ3) is 2.79. The van der Waals surface area contributed by atoms with Crippen LogP contribution in [0.4, 0.5) is 0 Å². The standard InChI is InChI=1S/C13H19N3O2/c1-9-8-16(2)7-5-10(9)15-13(18)12-11(17)4-3-6-14-12/h3-4,6,9-10,17H,5,7-8H2,1-2H3,(H,15,18). The van der Waals surface area contributed by atoms with Gasteiger partial charge in [0, 0.05) is 18.8 Å². The zero-order valence-corrected chi connectivity index (χ0v) is 10.8. The summed E-state index contributed by atoms with van der Waals surface area (Å²) in [5, 5.41) is 12.5. The number of carbonyl (C=O) groups is 1. The minimum absolute atomic E-state index is 0.0735. The predicted octanol–water partition coefficient (Wildman–Crippen LogP) is 0.857. The van der Waals surface area contributed by atoms with Gasteiger partial charge in [-0.15, -0.1) is 0 Å². The Morgan fingerprint density at radius 2 is 2.39 bits per heavy atom. The Morgan fingerprint density at radius 3 is 3.06 bits per heavy atom. The summed E-state index contributed by atoms with van der Waals surface area (Å²) in [4.78, 5) is 18.2. The van der Waals surface area contributed by atoms with E-state index in [0.29, 0.717) is 5.92 Å². The number of aromatic nitrogens is 1. The number of rotatable bonds is 2. The number of hydrogen-bond acceptors (Lipinski definition) is 4. The molecule has 5 heteroatoms. The van der Waals surface area contributed by atoms with Crippen LogP contribution in [-0.4, -0.2) is 47.1 Å². The molecule has 2 rings (SSSR count). The Bertz CT molecular complexity index is 436. The maximum atomic E-state index is 12.0. The number of hydrogen-bond donors (Lipinski definition) is 2. The average molecular weight is 249 g/mol. The molecule has 18 heavy (non-hydrogen) atoms. The van der Waals surface area contributed by atoms with E-state index >= 15 is 0 Å². The summed E-state index contributed by atoms with van der Waals surface area (Å²) in [6.07, 6.45) is 2.43. The monoisotopic (exact) mass is 249 g/mol. The van der Waals surface area contributed by atoms with Gasteiger partial charge in [-0.05, 0) is 38.1 Å². The van der Waals surface area contributed by atoms with Gasteiger partial charge in [-0.1, -0.05) is 6.92 Å². The Labute approximate surface area is 107 Å². The van der Waals surface area contributed by atoms with Crippen molar-refractivity contribution in [3.05, 3.63) is 24.0 Å². The molecule has 5 nitrogen and oxygen atoms in total. The van der Waals surface area contributed by atoms with Crippen LogP contribution in [-0.2, 0) is 0 Å². The number of aromatic hydroxyl groups is 1. The van der Waals surface area contributed by atoms with Gasteiger partial charge < -0.3 is 15.3 Å². The zero-order valence-electron chi connectivity index (χ0n) is 10.8. The SMILES string of the molecule is CC1CN(C)CCC1NC(=O)c1ncccc1O. The molecule has 0 radical (unpaired) electrons. The van der Waals surface area contributed by atoms with E-state index in [1.54, 1.807) is 6.07 Å². The fourth-order valence-electron chi connectivity index (χ4n) is 2.38. The van der Waals surface area contributed by atoms with Crippen molar-refractivity contribution in [1.82, 2.24) is 15.2 Å². The van der Waals surface area contributed by atoms with Crippen molar-refractivity contribution in [3.63, 3.8) is 0 Å². The number of carbonyl (C=O) groups excluding carboxylic acids is 1. The fraction of sp³-hybridized carbons (Fsp3) is 0.538. The number of piperidine rings is 1. The minimum Gasteiger partial charge on any atom is -0.505 e. The molecule has 1 fully saturated rings. The lowest BCUT2D eigenvalue weighted by Gasteiger charge is -2.35. The molecule has 1 saturated heterocycles. The van der Waals surface area contributed by atoms with E-state index in [-0.39, 0.29) is 23.4 Å². The summed E-state index contributed by atoms with van der Waals surface area (Å²) in [5.74, 6) is 0.0311. The van der Waals surface area contributed by atoms with Gasteiger partial charge in [0.25, 0.3) is 5.91 Å². The Morgan fingerprint density at radius 1 is 1.61 bits per heavy atom. The molecule has 1 aliphatic rings. The van der Waals surface area contributed by atoms with Crippen molar-refractivity contribution in [2.24, 2.45) is 5.92 Å². The van der Waals surface area contributed by atoms with Crippen LogP contribution < -0.4 is 5.32 Å². The highest BCUT2D eigenvalue weighted by molar-refractivity contribution is 5.94. The second kappa shape index (κ2) is 5.35. The van der Waals surface area contributed by atoms with Crippen LogP contribution in [0.3, 0.4) is 0 Å². The summed E-state index contributed by atoms with van der Waals surface area (Å²) in [5.41, 5.74) is 0.101. The van der Waals surface area contributed by atoms with Crippen LogP contribution in [0.5, 0.6) is 5.75 Å². The Balaban J connectivity index is 2.02. The average Bonchev–Trinajstić information content (AvgIpc) is 2.33. The van der Waals surface area contributed by atoms with E-state index in [0.717, 1.165) is 19.5 Å². The lowest BCUT2D eigenvalue weighted by molar-refractivity contribution is 0.0876. The van der Waals surface area contributed by atoms with E-state index in [1.807, 2.05) is 0 Å². The smallest absolute Gasteiger partial charge is 0.273 e. The summed E-state index contributed by atoms with van der Waals surface area (Å²) < 4.78 is 0. The lowest BCUT2D eigenvalue weighted by atomic mass is 9.94. The molecule has 0 saturated carbocycles. The quantitative estimate of drug-likeness (QED) is 0.816. The Hall–Kier alpha value is -1.62. The summed E-state index contributed by atoms with van der Waals surface area (Å²) in [6, 6.07) is 3.22. The maximum absolute atomic E-state index is 12.0. The first kappa shape index (κ1) is 12.8. The van der Waals surface area contributed by atoms with Gasteiger partial charge in [-0.3, -0.25) is 4.79 Å². The van der Waals surface area contributed by atoms with Crippen molar-refractivity contribution in [1.29, 1.82) is 0 Å². The third-order valence-corrected chi connectivity index (χ3v) is 3.43. The molecule has 2 atom stereocenters. The predicted molar refractivity (Wildman–Crippen MR) is 68.4 cm³/mol. The second-order valence-corrected chi connectivity index (χ2v) is 4.98. The van der Waals surface area contributed by atoms with E-state index in [1.165, 1.54) is 12.3 Å². The van der Waals surface area contributed by atoms with Gasteiger partial charge in [0.05, 0.1) is 0 Å². The molecule has 1 aromatic heterocycles. The van der Waals surface area contributed by atoms with Crippen LogP contribution in [0, 0.1) is 5.92 Å². The molecule has 2 heterocycles. The minimum atomic E-state index is -0.297. The van der Waals surface area contributed by atoms with Crippen molar-refractivity contribution < 1.29 is 9.90 Å². The van der Waals surface area contributed by atoms with Crippen molar-refractivity contribution >= 4 is 5.91 Å². The second-order valence-electron chi connectivity index (χ2n) is 4.98. The molecular formula is C13H19N3O2. The molecule has 0 aliphatic carbocycles. The first-order valence-electron chi connectivity index (χ1n) is 6.21. The van der Waals surface area contributed by atoms with E-state index in [4.69, 9.17) is 0 Å². The van der Waals surface area contributed by atoms with Crippen LogP contribution in [0.25, 0.3) is 0 Å². The number of nitrogens with one attached hydrogen (secondary N) is 1. The topological polar surface area (TPSA) is 65.5 Å². The fourth-order valence-corrected chi connectivity index (χ4v) is 2.38. The largest absolute Gasteiger partial charge is 0.505 e. The molecule has 2 N–H and O–H groups in total. The van der Waals surface area contributed by atoms with Gasteiger partial charge in [-0.2, -0.15) is 0 Å². The first-order chi connectivity index (χ1) is 8.58. The van der Waals surface area contributed by atoms with Gasteiger partial charge in [0.2, 0.25) is 0 Å². The van der Waals surface area contributed by atoms with Gasteiger partial charge in [0.15, 0.2) is 5.69 Å². The molecule has 2 unspecified atom stereocenters. The Kier molecular flexibility index (Phi) is 3.81. The van der Waals surface area contributed by atoms with Crippen LogP contribution in [0.2, 0.25) is 0 Å². The van der Waals surface area contributed by atoms with Crippen LogP contribution in [0.15, 0.2) is 18.3 Å². The number of amides is 1. The van der Waals surface area contributed by atoms with Crippen LogP contribution >= 0.6 is 0 Å². The molecule has 98 valence electrons. The number of pyridine rings is 1. The molecule has 1 aliphatic heterocycles. The first-order valence-corrected chi connectivity index (χ1v) is 6.21. The highest BCUT2D eigenvalue weighted by atomic mass is 16.3. The lowest BCUT2D eigenvalue weighted by Crippen LogP contribution is -2.49. The van der Waals surface area contributed by atoms with Crippen molar-refractivity contribution in [2.75, 3.05) is 20.1 Å². The van der Waals surface area contributed by atoms with E-state index in [2.05, 4.69) is 29.2 Å². The summed E-state index contributed by atoms with van der Waals surface area (Å²) in [7, 11) is 2.08. The molecular weight excluding hydrogens is 230 g/mol. The zero-order chi connectivity index (χ0) is 13.1. The highest BCUT2D eigenvalue weighted by Gasteiger charge is 2.26. The van der Waals surface area contributed by atoms with Gasteiger partial charge in [0.1, 0.15) is 5.75 Å². The van der Waals surface area contributed by atoms with Gasteiger partial charge >= 0.3 is 0 Å². The third-order valence-electron chi connectivity index (χ3n) is 3.43. The molecule has 0 spiro atoms. The maximum Gasteiger partial charge on any atom is 0.273 e. The van der Waals surface area contributed by atoms with Gasteiger partial charge in [-0.25, -0.2) is 4.98 Å². The van der Waals surface area contributed by atoms with Crippen molar-refractivity contribution in [2.45, 2.75) is 19.4 Å². The molecule has 1 aromatic rings. The highest BCUT2D eigenvalue weighted by Crippen LogP contribution is 2.17. The normalized spacial score (nSPS) is 24.8. The number of nitrogens with zero attached hydrogens (tertiary/aromatic N) is 2. The molecule has 0 aromatic carbocycles. The molecule has 1 amide bonds. The van der Waals surface area contributed by atoms with E-state index < -0.39 is 0 Å². The van der Waals surface area contributed by atoms with E-state index in [9.17, 15) is 9.90 Å². The number of likely N-dealkylation sites (tertiary alicyclic amines) is 1. The summed E-state index contributed by atoms with van der Waals surface area (Å²) in [6.45, 7) is 4.07. The van der Waals surface area contributed by atoms with Crippen LogP contribution in [0.1, 0.15) is 23.8 Å². The summed E-state index contributed by atoms with van der Waals surface area (Å²) >= 11 is 0. The molecule has 0 bridgehead atoms.